The van der Waals surface area contributed by atoms with Gasteiger partial charge in [0, 0.05) is 44.6 Å². The zero-order chi connectivity index (χ0) is 34.4. The number of piperidine rings is 1. The summed E-state index contributed by atoms with van der Waals surface area (Å²) in [6.07, 6.45) is 1.43. The Bertz CT molecular complexity index is 1410. The van der Waals surface area contributed by atoms with E-state index in [1.54, 1.807) is 31.3 Å². The lowest BCUT2D eigenvalue weighted by Gasteiger charge is -2.39. The van der Waals surface area contributed by atoms with Crippen molar-refractivity contribution in [2.45, 2.75) is 70.9 Å². The molecule has 0 aromatic heterocycles. The minimum absolute atomic E-state index is 0.0336. The molecule has 0 radical (unpaired) electrons. The quantitative estimate of drug-likeness (QED) is 0.137. The van der Waals surface area contributed by atoms with Crippen molar-refractivity contribution in [3.63, 3.8) is 0 Å². The zero-order valence-electron chi connectivity index (χ0n) is 28.9. The Morgan fingerprint density at radius 1 is 0.875 bits per heavy atom. The van der Waals surface area contributed by atoms with E-state index >= 15 is 0 Å². The maximum absolute atomic E-state index is 14.4. The van der Waals surface area contributed by atoms with Gasteiger partial charge in [0.15, 0.2) is 11.6 Å². The average molecular weight is 668 g/mol. The van der Waals surface area contributed by atoms with Crippen LogP contribution in [0.15, 0.2) is 66.7 Å². The predicted octanol–water partition coefficient (Wildman–Crippen LogP) is 7.55. The van der Waals surface area contributed by atoms with Crippen LogP contribution in [0.5, 0.6) is 17.2 Å². The number of ether oxygens (including phenoxy) is 7. The van der Waals surface area contributed by atoms with E-state index in [9.17, 15) is 9.18 Å². The van der Waals surface area contributed by atoms with Gasteiger partial charge in [-0.1, -0.05) is 36.4 Å². The fraction of sp³-hybridized carbons (Fsp3) is 0.500. The van der Waals surface area contributed by atoms with Crippen molar-refractivity contribution in [1.82, 2.24) is 4.90 Å². The summed E-state index contributed by atoms with van der Waals surface area (Å²) >= 11 is 0. The van der Waals surface area contributed by atoms with Crippen LogP contribution in [0.2, 0.25) is 0 Å². The number of likely N-dealkylation sites (tertiary alicyclic amines) is 1. The first-order valence-corrected chi connectivity index (χ1v) is 16.6. The van der Waals surface area contributed by atoms with Crippen LogP contribution in [0, 0.1) is 5.82 Å². The fourth-order valence-corrected chi connectivity index (χ4v) is 5.46. The Hall–Kier alpha value is -3.86. The molecule has 0 N–H and O–H groups in total. The number of carbonyl (C=O) groups excluding carboxylic acids is 1. The van der Waals surface area contributed by atoms with Gasteiger partial charge in [0.2, 0.25) is 0 Å². The molecule has 48 heavy (non-hydrogen) atoms. The highest BCUT2D eigenvalue weighted by atomic mass is 19.1. The van der Waals surface area contributed by atoms with Gasteiger partial charge in [0.1, 0.15) is 17.1 Å². The van der Waals surface area contributed by atoms with Gasteiger partial charge < -0.3 is 38.1 Å². The minimum atomic E-state index is -0.602. The number of methoxy groups -OCH3 is 2. The number of hydrogen-bond donors (Lipinski definition) is 0. The highest BCUT2D eigenvalue weighted by Gasteiger charge is 2.35. The second-order valence-electron chi connectivity index (χ2n) is 12.8. The van der Waals surface area contributed by atoms with Crippen LogP contribution in [0.3, 0.4) is 0 Å². The topological polar surface area (TPSA) is 84.9 Å². The third kappa shape index (κ3) is 11.7. The first kappa shape index (κ1) is 37.0. The van der Waals surface area contributed by atoms with Crippen molar-refractivity contribution < 1.29 is 42.3 Å². The number of nitrogens with zero attached hydrogens (tertiary/aromatic N) is 1. The molecule has 10 heteroatoms. The zero-order valence-corrected chi connectivity index (χ0v) is 28.9. The molecular formula is C38H50FNO8. The van der Waals surface area contributed by atoms with Gasteiger partial charge in [0.25, 0.3) is 0 Å². The maximum Gasteiger partial charge on any atom is 0.410 e. The summed E-state index contributed by atoms with van der Waals surface area (Å²) in [7, 11) is 3.28. The highest BCUT2D eigenvalue weighted by molar-refractivity contribution is 5.68. The SMILES string of the molecule is COCCCOc1cc(COC2CN(C(=O)OC(C)(C)C)CCC2c2ccc(OCCCOCc3ccccc3OC)cc2)ccc1F. The van der Waals surface area contributed by atoms with Crippen molar-refractivity contribution in [3.05, 3.63) is 89.2 Å². The second kappa shape index (κ2) is 18.6. The van der Waals surface area contributed by atoms with Gasteiger partial charge in [-0.2, -0.15) is 0 Å². The van der Waals surface area contributed by atoms with Crippen molar-refractivity contribution in [2.24, 2.45) is 0 Å². The van der Waals surface area contributed by atoms with E-state index in [2.05, 4.69) is 12.1 Å². The van der Waals surface area contributed by atoms with Gasteiger partial charge in [0.05, 0.1) is 52.8 Å². The largest absolute Gasteiger partial charge is 0.496 e. The normalized spacial score (nSPS) is 16.4. The smallest absolute Gasteiger partial charge is 0.410 e. The van der Waals surface area contributed by atoms with Gasteiger partial charge in [-0.05, 0) is 68.7 Å². The van der Waals surface area contributed by atoms with Gasteiger partial charge in [-0.15, -0.1) is 0 Å². The molecule has 4 rings (SSSR count). The Labute approximate surface area is 284 Å². The molecule has 1 aliphatic rings. The molecule has 1 aliphatic heterocycles. The van der Waals surface area contributed by atoms with Gasteiger partial charge in [-0.3, -0.25) is 0 Å². The van der Waals surface area contributed by atoms with E-state index in [1.807, 2.05) is 57.2 Å². The minimum Gasteiger partial charge on any atom is -0.496 e. The fourth-order valence-electron chi connectivity index (χ4n) is 5.46. The van der Waals surface area contributed by atoms with Gasteiger partial charge >= 0.3 is 6.09 Å². The Balaban J connectivity index is 1.34. The van der Waals surface area contributed by atoms with Crippen LogP contribution in [0.25, 0.3) is 0 Å². The molecule has 2 unspecified atom stereocenters. The highest BCUT2D eigenvalue weighted by Crippen LogP contribution is 2.33. The van der Waals surface area contributed by atoms with E-state index in [0.29, 0.717) is 59.0 Å². The third-order valence-electron chi connectivity index (χ3n) is 7.88. The number of hydrogen-bond acceptors (Lipinski definition) is 8. The molecule has 1 heterocycles. The van der Waals surface area contributed by atoms with Crippen molar-refractivity contribution in [2.75, 3.05) is 53.7 Å². The van der Waals surface area contributed by atoms with Crippen molar-refractivity contribution in [1.29, 1.82) is 0 Å². The molecular weight excluding hydrogens is 617 g/mol. The van der Waals surface area contributed by atoms with Crippen molar-refractivity contribution in [3.8, 4) is 17.2 Å². The maximum atomic E-state index is 14.4. The lowest BCUT2D eigenvalue weighted by atomic mass is 9.87. The number of para-hydroxylation sites is 1. The summed E-state index contributed by atoms with van der Waals surface area (Å²) in [6.45, 7) is 9.18. The molecule has 1 saturated heterocycles. The summed E-state index contributed by atoms with van der Waals surface area (Å²) in [5.74, 6) is 1.38. The summed E-state index contributed by atoms with van der Waals surface area (Å²) in [4.78, 5) is 14.7. The first-order valence-electron chi connectivity index (χ1n) is 16.6. The molecule has 0 spiro atoms. The molecule has 0 saturated carbocycles. The molecule has 0 aliphatic carbocycles. The summed E-state index contributed by atoms with van der Waals surface area (Å²) in [6, 6.07) is 20.6. The first-order chi connectivity index (χ1) is 23.2. The van der Waals surface area contributed by atoms with E-state index in [1.165, 1.54) is 6.07 Å². The Kier molecular flexibility index (Phi) is 14.3. The number of benzene rings is 3. The Morgan fingerprint density at radius 3 is 2.38 bits per heavy atom. The molecule has 9 nitrogen and oxygen atoms in total. The van der Waals surface area contributed by atoms with E-state index in [0.717, 1.165) is 34.6 Å². The Morgan fingerprint density at radius 2 is 1.62 bits per heavy atom. The average Bonchev–Trinajstić information content (AvgIpc) is 3.08. The molecule has 2 atom stereocenters. The standard InChI is InChI=1S/C38H50FNO8/c1-38(2,3)48-37(41)40-19-18-32(36(25-40)47-26-28-12-17-33(39)35(24-28)46-23-8-20-42-4)29-13-15-31(16-14-29)45-22-9-21-44-27-30-10-6-7-11-34(30)43-5/h6-7,10-17,24,32,36H,8-9,18-23,25-27H2,1-5H3. The lowest BCUT2D eigenvalue weighted by molar-refractivity contribution is -0.0360. The van der Waals surface area contributed by atoms with Crippen LogP contribution in [-0.2, 0) is 32.2 Å². The molecule has 3 aromatic carbocycles. The summed E-state index contributed by atoms with van der Waals surface area (Å²) in [5.41, 5.74) is 2.29. The number of rotatable bonds is 17. The summed E-state index contributed by atoms with van der Waals surface area (Å²) < 4.78 is 54.4. The van der Waals surface area contributed by atoms with Crippen LogP contribution < -0.4 is 14.2 Å². The van der Waals surface area contributed by atoms with E-state index < -0.39 is 11.4 Å². The number of carbonyl (C=O) groups is 1. The summed E-state index contributed by atoms with van der Waals surface area (Å²) in [5, 5.41) is 0. The van der Waals surface area contributed by atoms with E-state index in [4.69, 9.17) is 33.2 Å². The molecule has 262 valence electrons. The monoisotopic (exact) mass is 667 g/mol. The van der Waals surface area contributed by atoms with E-state index in [-0.39, 0.29) is 30.5 Å². The molecule has 0 bridgehead atoms. The van der Waals surface area contributed by atoms with Crippen molar-refractivity contribution >= 4 is 6.09 Å². The molecule has 3 aromatic rings. The van der Waals surface area contributed by atoms with Crippen LogP contribution >= 0.6 is 0 Å². The predicted molar refractivity (Wildman–Crippen MR) is 181 cm³/mol. The van der Waals surface area contributed by atoms with Crippen LogP contribution in [0.4, 0.5) is 9.18 Å². The van der Waals surface area contributed by atoms with Crippen LogP contribution in [0.1, 0.15) is 62.6 Å². The van der Waals surface area contributed by atoms with Gasteiger partial charge in [-0.25, -0.2) is 9.18 Å². The third-order valence-corrected chi connectivity index (χ3v) is 7.88. The number of halogens is 1. The number of amides is 1. The molecule has 1 amide bonds. The second-order valence-corrected chi connectivity index (χ2v) is 12.8. The molecule has 1 fully saturated rings. The lowest BCUT2D eigenvalue weighted by Crippen LogP contribution is -2.48. The van der Waals surface area contributed by atoms with Crippen LogP contribution in [-0.4, -0.2) is 76.4 Å².